The van der Waals surface area contributed by atoms with E-state index in [2.05, 4.69) is 10.5 Å². The van der Waals surface area contributed by atoms with Crippen molar-refractivity contribution in [2.75, 3.05) is 27.2 Å². The molecule has 31 heavy (non-hydrogen) atoms. The molecule has 1 aromatic heterocycles. The number of nitrogens with one attached hydrogen (secondary N) is 1. The molecule has 0 spiro atoms. The molecule has 0 bridgehead atoms. The smallest absolute Gasteiger partial charge is 0.254 e. The highest BCUT2D eigenvalue weighted by molar-refractivity contribution is 5.95. The summed E-state index contributed by atoms with van der Waals surface area (Å²) in [5.74, 6) is 1.02. The van der Waals surface area contributed by atoms with Crippen LogP contribution < -0.4 is 10.1 Å². The minimum absolute atomic E-state index is 0.105. The van der Waals surface area contributed by atoms with E-state index in [-0.39, 0.29) is 11.8 Å². The fraction of sp³-hybridized carbons (Fsp3) is 0.292. The van der Waals surface area contributed by atoms with Crippen molar-refractivity contribution in [1.82, 2.24) is 15.4 Å². The van der Waals surface area contributed by atoms with E-state index >= 15 is 0 Å². The summed E-state index contributed by atoms with van der Waals surface area (Å²) >= 11 is 0. The van der Waals surface area contributed by atoms with Gasteiger partial charge < -0.3 is 19.5 Å². The molecule has 3 aromatic rings. The zero-order valence-corrected chi connectivity index (χ0v) is 17.6. The van der Waals surface area contributed by atoms with E-state index in [1.54, 1.807) is 43.3 Å². The number of rotatable bonds is 6. The minimum atomic E-state index is -0.767. The van der Waals surface area contributed by atoms with Crippen LogP contribution in [0.15, 0.2) is 65.2 Å². The standard InChI is InChI=1S/C24H25N3O4/c1-25-23(29)24(15-20-14-21(26-31-20)17-7-4-3-5-8-17)11-12-27(16-24)22(28)18-9-6-10-19(13-18)30-2/h3-10,13-14H,11-12,15-16H2,1-2H3,(H,25,29)/t24-/m1/s1. The highest BCUT2D eigenvalue weighted by Gasteiger charge is 2.46. The Kier molecular flexibility index (Phi) is 5.75. The molecule has 0 radical (unpaired) electrons. The first-order valence-corrected chi connectivity index (χ1v) is 10.2. The second kappa shape index (κ2) is 8.63. The largest absolute Gasteiger partial charge is 0.497 e. The summed E-state index contributed by atoms with van der Waals surface area (Å²) in [6, 6.07) is 18.7. The van der Waals surface area contributed by atoms with Gasteiger partial charge in [-0.3, -0.25) is 9.59 Å². The molecule has 1 aliphatic heterocycles. The first-order chi connectivity index (χ1) is 15.0. The second-order valence-corrected chi connectivity index (χ2v) is 7.79. The summed E-state index contributed by atoms with van der Waals surface area (Å²) in [5, 5.41) is 6.93. The van der Waals surface area contributed by atoms with Crippen LogP contribution in [0.5, 0.6) is 5.75 Å². The van der Waals surface area contributed by atoms with Crippen LogP contribution in [0.2, 0.25) is 0 Å². The molecule has 2 aromatic carbocycles. The number of carbonyl (C=O) groups is 2. The van der Waals surface area contributed by atoms with E-state index in [0.29, 0.717) is 43.0 Å². The van der Waals surface area contributed by atoms with Crippen LogP contribution in [0, 0.1) is 5.41 Å². The lowest BCUT2D eigenvalue weighted by atomic mass is 9.81. The lowest BCUT2D eigenvalue weighted by Gasteiger charge is -2.26. The summed E-state index contributed by atoms with van der Waals surface area (Å²) < 4.78 is 10.8. The van der Waals surface area contributed by atoms with Gasteiger partial charge in [-0.2, -0.15) is 0 Å². The van der Waals surface area contributed by atoms with Gasteiger partial charge in [-0.15, -0.1) is 0 Å². The van der Waals surface area contributed by atoms with Crippen molar-refractivity contribution in [3.05, 3.63) is 72.0 Å². The number of benzene rings is 2. The maximum absolute atomic E-state index is 13.1. The Bertz CT molecular complexity index is 1080. The molecule has 1 fully saturated rings. The Morgan fingerprint density at radius 1 is 1.16 bits per heavy atom. The summed E-state index contributed by atoms with van der Waals surface area (Å²) in [6.07, 6.45) is 0.915. The van der Waals surface area contributed by atoms with Crippen molar-refractivity contribution in [3.8, 4) is 17.0 Å². The van der Waals surface area contributed by atoms with Gasteiger partial charge in [0.2, 0.25) is 5.91 Å². The van der Waals surface area contributed by atoms with Crippen molar-refractivity contribution in [2.45, 2.75) is 12.8 Å². The van der Waals surface area contributed by atoms with Crippen molar-refractivity contribution >= 4 is 11.8 Å². The molecule has 1 saturated heterocycles. The van der Waals surface area contributed by atoms with Gasteiger partial charge in [-0.1, -0.05) is 41.6 Å². The number of nitrogens with zero attached hydrogens (tertiary/aromatic N) is 2. The lowest BCUT2D eigenvalue weighted by molar-refractivity contribution is -0.130. The van der Waals surface area contributed by atoms with E-state index in [9.17, 15) is 9.59 Å². The summed E-state index contributed by atoms with van der Waals surface area (Å²) in [4.78, 5) is 27.7. The number of carbonyl (C=O) groups excluding carboxylic acids is 2. The van der Waals surface area contributed by atoms with E-state index in [4.69, 9.17) is 9.26 Å². The van der Waals surface area contributed by atoms with Crippen molar-refractivity contribution in [2.24, 2.45) is 5.41 Å². The van der Waals surface area contributed by atoms with Crippen LogP contribution in [0.3, 0.4) is 0 Å². The van der Waals surface area contributed by atoms with Crippen molar-refractivity contribution in [1.29, 1.82) is 0 Å². The monoisotopic (exact) mass is 419 g/mol. The fourth-order valence-corrected chi connectivity index (χ4v) is 4.13. The molecule has 1 N–H and O–H groups in total. The Morgan fingerprint density at radius 3 is 2.71 bits per heavy atom. The number of hydrogen-bond acceptors (Lipinski definition) is 5. The Hall–Kier alpha value is -3.61. The van der Waals surface area contributed by atoms with Crippen molar-refractivity contribution < 1.29 is 18.8 Å². The SMILES string of the molecule is CNC(=O)[C@@]1(Cc2cc(-c3ccccc3)no2)CCN(C(=O)c2cccc(OC)c2)C1. The highest BCUT2D eigenvalue weighted by atomic mass is 16.5. The van der Waals surface area contributed by atoms with E-state index in [0.717, 1.165) is 11.3 Å². The van der Waals surface area contributed by atoms with Crippen LogP contribution in [0.1, 0.15) is 22.5 Å². The average Bonchev–Trinajstić information content (AvgIpc) is 3.47. The predicted octanol–water partition coefficient (Wildman–Crippen LogP) is 3.17. The summed E-state index contributed by atoms with van der Waals surface area (Å²) in [7, 11) is 3.18. The molecule has 1 atom stereocenters. The van der Waals surface area contributed by atoms with Gasteiger partial charge in [-0.25, -0.2) is 0 Å². The topological polar surface area (TPSA) is 84.7 Å². The zero-order chi connectivity index (χ0) is 21.8. The lowest BCUT2D eigenvalue weighted by Crippen LogP contribution is -2.44. The molecule has 1 aliphatic rings. The summed E-state index contributed by atoms with van der Waals surface area (Å²) in [5.41, 5.74) is 1.45. The van der Waals surface area contributed by atoms with Gasteiger partial charge >= 0.3 is 0 Å². The zero-order valence-electron chi connectivity index (χ0n) is 17.6. The van der Waals surface area contributed by atoms with Gasteiger partial charge in [0, 0.05) is 43.8 Å². The molecule has 7 nitrogen and oxygen atoms in total. The van der Waals surface area contributed by atoms with Crippen LogP contribution in [-0.4, -0.2) is 49.1 Å². The molecule has 160 valence electrons. The van der Waals surface area contributed by atoms with Gasteiger partial charge in [0.1, 0.15) is 17.2 Å². The van der Waals surface area contributed by atoms with Crippen LogP contribution in [-0.2, 0) is 11.2 Å². The van der Waals surface area contributed by atoms with E-state index in [1.165, 1.54) is 0 Å². The Morgan fingerprint density at radius 2 is 1.97 bits per heavy atom. The Balaban J connectivity index is 1.55. The van der Waals surface area contributed by atoms with Crippen LogP contribution >= 0.6 is 0 Å². The van der Waals surface area contributed by atoms with Gasteiger partial charge in [0.05, 0.1) is 12.5 Å². The second-order valence-electron chi connectivity index (χ2n) is 7.79. The molecular weight excluding hydrogens is 394 g/mol. The molecule has 0 aliphatic carbocycles. The molecule has 4 rings (SSSR count). The number of amides is 2. The van der Waals surface area contributed by atoms with Gasteiger partial charge in [0.15, 0.2) is 0 Å². The fourth-order valence-electron chi connectivity index (χ4n) is 4.13. The molecule has 2 amide bonds. The number of methoxy groups -OCH3 is 1. The quantitative estimate of drug-likeness (QED) is 0.663. The third kappa shape index (κ3) is 4.17. The van der Waals surface area contributed by atoms with E-state index < -0.39 is 5.41 Å². The normalized spacial score (nSPS) is 18.1. The number of hydrogen-bond donors (Lipinski definition) is 1. The first-order valence-electron chi connectivity index (χ1n) is 10.2. The molecule has 2 heterocycles. The highest BCUT2D eigenvalue weighted by Crippen LogP contribution is 2.36. The summed E-state index contributed by atoms with van der Waals surface area (Å²) in [6.45, 7) is 0.799. The maximum Gasteiger partial charge on any atom is 0.254 e. The predicted molar refractivity (Wildman–Crippen MR) is 116 cm³/mol. The van der Waals surface area contributed by atoms with Crippen molar-refractivity contribution in [3.63, 3.8) is 0 Å². The van der Waals surface area contributed by atoms with Gasteiger partial charge in [-0.05, 0) is 24.6 Å². The number of aromatic nitrogens is 1. The van der Waals surface area contributed by atoms with E-state index in [1.807, 2.05) is 36.4 Å². The Labute approximate surface area is 181 Å². The molecular formula is C24H25N3O4. The molecule has 7 heteroatoms. The minimum Gasteiger partial charge on any atom is -0.497 e. The average molecular weight is 419 g/mol. The van der Waals surface area contributed by atoms with Crippen LogP contribution in [0.4, 0.5) is 0 Å². The third-order valence-corrected chi connectivity index (χ3v) is 5.81. The number of ether oxygens (including phenoxy) is 1. The molecule has 0 unspecified atom stereocenters. The molecule has 0 saturated carbocycles. The van der Waals surface area contributed by atoms with Crippen LogP contribution in [0.25, 0.3) is 11.3 Å². The number of likely N-dealkylation sites (tertiary alicyclic amines) is 1. The first kappa shape index (κ1) is 20.7. The van der Waals surface area contributed by atoms with Gasteiger partial charge in [0.25, 0.3) is 5.91 Å². The maximum atomic E-state index is 13.1. The third-order valence-electron chi connectivity index (χ3n) is 5.81.